The maximum atomic E-state index is 13.5. The van der Waals surface area contributed by atoms with E-state index in [0.29, 0.717) is 6.54 Å². The molecular formula is C14H13BFNO3. The Morgan fingerprint density at radius 1 is 1.15 bits per heavy atom. The van der Waals surface area contributed by atoms with Crippen LogP contribution in [0.2, 0.25) is 0 Å². The van der Waals surface area contributed by atoms with Gasteiger partial charge in [0.15, 0.2) is 0 Å². The van der Waals surface area contributed by atoms with E-state index in [1.54, 1.807) is 0 Å². The van der Waals surface area contributed by atoms with Crippen molar-refractivity contribution >= 4 is 18.5 Å². The molecule has 0 aliphatic heterocycles. The average Bonchev–Trinajstić information content (AvgIpc) is 2.45. The number of amides is 1. The molecule has 4 nitrogen and oxygen atoms in total. The Bertz CT molecular complexity index is 605. The highest BCUT2D eigenvalue weighted by molar-refractivity contribution is 6.58. The number of hydrogen-bond acceptors (Lipinski definition) is 3. The molecule has 102 valence electrons. The number of carbonyl (C=O) groups is 1. The van der Waals surface area contributed by atoms with Crippen molar-refractivity contribution in [1.82, 2.24) is 5.32 Å². The maximum absolute atomic E-state index is 13.5. The Morgan fingerprint density at radius 2 is 1.85 bits per heavy atom. The molecule has 0 aliphatic carbocycles. The fourth-order valence-electron chi connectivity index (χ4n) is 1.76. The molecule has 0 fully saturated rings. The topological polar surface area (TPSA) is 69.6 Å². The Balaban J connectivity index is 2.04. The first-order valence-corrected chi connectivity index (χ1v) is 6.05. The molecule has 0 aliphatic rings. The summed E-state index contributed by atoms with van der Waals surface area (Å²) in [6.45, 7) is 0.339. The molecule has 2 rings (SSSR count). The fourth-order valence-corrected chi connectivity index (χ4v) is 1.76. The van der Waals surface area contributed by atoms with Gasteiger partial charge in [0.25, 0.3) is 5.91 Å². The minimum absolute atomic E-state index is 0.128. The van der Waals surface area contributed by atoms with Crippen LogP contribution in [-0.4, -0.2) is 23.1 Å². The van der Waals surface area contributed by atoms with Crippen LogP contribution >= 0.6 is 0 Å². The van der Waals surface area contributed by atoms with Crippen LogP contribution in [0.5, 0.6) is 0 Å². The molecule has 1 amide bonds. The zero-order valence-electron chi connectivity index (χ0n) is 10.6. The number of rotatable bonds is 4. The molecular weight excluding hydrogens is 260 g/mol. The van der Waals surface area contributed by atoms with Crippen molar-refractivity contribution in [3.05, 3.63) is 65.5 Å². The van der Waals surface area contributed by atoms with E-state index in [1.165, 1.54) is 12.1 Å². The van der Waals surface area contributed by atoms with E-state index in [-0.39, 0.29) is 11.0 Å². The van der Waals surface area contributed by atoms with Crippen LogP contribution in [0.25, 0.3) is 0 Å². The van der Waals surface area contributed by atoms with Crippen molar-refractivity contribution in [2.75, 3.05) is 0 Å². The molecule has 3 N–H and O–H groups in total. The van der Waals surface area contributed by atoms with Crippen molar-refractivity contribution in [2.45, 2.75) is 6.54 Å². The van der Waals surface area contributed by atoms with E-state index in [4.69, 9.17) is 10.0 Å². The summed E-state index contributed by atoms with van der Waals surface area (Å²) in [6, 6.07) is 12.8. The molecule has 0 spiro atoms. The van der Waals surface area contributed by atoms with Crippen LogP contribution in [0, 0.1) is 5.82 Å². The van der Waals surface area contributed by atoms with Crippen molar-refractivity contribution in [2.24, 2.45) is 0 Å². The largest absolute Gasteiger partial charge is 0.491 e. The van der Waals surface area contributed by atoms with Gasteiger partial charge in [-0.2, -0.15) is 0 Å². The molecule has 0 atom stereocenters. The van der Waals surface area contributed by atoms with Gasteiger partial charge in [-0.3, -0.25) is 4.79 Å². The SMILES string of the molecule is O=C(NCc1ccccc1)c1ccc(B(O)O)c(F)c1. The summed E-state index contributed by atoms with van der Waals surface area (Å²) in [5, 5.41) is 20.5. The van der Waals surface area contributed by atoms with Crippen LogP contribution in [0.3, 0.4) is 0 Å². The summed E-state index contributed by atoms with van der Waals surface area (Å²) in [7, 11) is -1.89. The summed E-state index contributed by atoms with van der Waals surface area (Å²) in [5.41, 5.74) is 0.802. The Labute approximate surface area is 116 Å². The van der Waals surface area contributed by atoms with Crippen molar-refractivity contribution in [1.29, 1.82) is 0 Å². The van der Waals surface area contributed by atoms with Gasteiger partial charge in [-0.05, 0) is 17.7 Å². The van der Waals surface area contributed by atoms with E-state index in [2.05, 4.69) is 5.32 Å². The van der Waals surface area contributed by atoms with E-state index in [1.807, 2.05) is 30.3 Å². The molecule has 0 bridgehead atoms. The molecule has 0 saturated heterocycles. The molecule has 0 heterocycles. The number of benzene rings is 2. The normalized spacial score (nSPS) is 10.2. The minimum Gasteiger partial charge on any atom is -0.423 e. The molecule has 0 unspecified atom stereocenters. The second-order valence-electron chi connectivity index (χ2n) is 4.28. The zero-order valence-corrected chi connectivity index (χ0v) is 10.6. The van der Waals surface area contributed by atoms with E-state index in [0.717, 1.165) is 11.6 Å². The maximum Gasteiger partial charge on any atom is 0.491 e. The van der Waals surface area contributed by atoms with E-state index >= 15 is 0 Å². The smallest absolute Gasteiger partial charge is 0.423 e. The van der Waals surface area contributed by atoms with Crippen molar-refractivity contribution < 1.29 is 19.2 Å². The first-order chi connectivity index (χ1) is 9.58. The first-order valence-electron chi connectivity index (χ1n) is 6.05. The quantitative estimate of drug-likeness (QED) is 0.708. The summed E-state index contributed by atoms with van der Waals surface area (Å²) >= 11 is 0. The molecule has 0 saturated carbocycles. The number of halogens is 1. The van der Waals surface area contributed by atoms with Gasteiger partial charge in [-0.15, -0.1) is 0 Å². The highest BCUT2D eigenvalue weighted by Gasteiger charge is 2.18. The van der Waals surface area contributed by atoms with Crippen LogP contribution in [-0.2, 0) is 6.54 Å². The van der Waals surface area contributed by atoms with E-state index < -0.39 is 18.8 Å². The van der Waals surface area contributed by atoms with Crippen LogP contribution in [0.4, 0.5) is 4.39 Å². The van der Waals surface area contributed by atoms with Crippen molar-refractivity contribution in [3.8, 4) is 0 Å². The number of nitrogens with one attached hydrogen (secondary N) is 1. The molecule has 0 radical (unpaired) electrons. The predicted molar refractivity (Wildman–Crippen MR) is 73.8 cm³/mol. The van der Waals surface area contributed by atoms with E-state index in [9.17, 15) is 9.18 Å². The molecule has 20 heavy (non-hydrogen) atoms. The highest BCUT2D eigenvalue weighted by Crippen LogP contribution is 2.04. The van der Waals surface area contributed by atoms with Gasteiger partial charge in [0.05, 0.1) is 0 Å². The average molecular weight is 273 g/mol. The van der Waals surface area contributed by atoms with Gasteiger partial charge in [-0.1, -0.05) is 36.4 Å². The third-order valence-corrected chi connectivity index (χ3v) is 2.84. The Kier molecular flexibility index (Phi) is 4.50. The predicted octanol–water partition coefficient (Wildman–Crippen LogP) is 0.435. The van der Waals surface area contributed by atoms with Gasteiger partial charge < -0.3 is 15.4 Å². The Hall–Kier alpha value is -2.18. The Morgan fingerprint density at radius 3 is 2.45 bits per heavy atom. The molecule has 2 aromatic rings. The third kappa shape index (κ3) is 3.43. The van der Waals surface area contributed by atoms with Crippen LogP contribution in [0.15, 0.2) is 48.5 Å². The first kappa shape index (κ1) is 14.2. The lowest BCUT2D eigenvalue weighted by molar-refractivity contribution is 0.0950. The lowest BCUT2D eigenvalue weighted by Crippen LogP contribution is -2.33. The summed E-state index contributed by atoms with van der Waals surface area (Å²) in [6.07, 6.45) is 0. The monoisotopic (exact) mass is 273 g/mol. The molecule has 0 aromatic heterocycles. The second kappa shape index (κ2) is 6.32. The summed E-state index contributed by atoms with van der Waals surface area (Å²) in [5.74, 6) is -1.25. The number of carbonyl (C=O) groups excluding carboxylic acids is 1. The van der Waals surface area contributed by atoms with Gasteiger partial charge in [0, 0.05) is 17.6 Å². The lowest BCUT2D eigenvalue weighted by atomic mass is 9.79. The van der Waals surface area contributed by atoms with Gasteiger partial charge in [0.1, 0.15) is 5.82 Å². The highest BCUT2D eigenvalue weighted by atomic mass is 19.1. The molecule has 2 aromatic carbocycles. The molecule has 6 heteroatoms. The van der Waals surface area contributed by atoms with Crippen molar-refractivity contribution in [3.63, 3.8) is 0 Å². The lowest BCUT2D eigenvalue weighted by Gasteiger charge is -2.07. The van der Waals surface area contributed by atoms with Gasteiger partial charge in [0.2, 0.25) is 0 Å². The van der Waals surface area contributed by atoms with Gasteiger partial charge >= 0.3 is 7.12 Å². The number of hydrogen-bond donors (Lipinski definition) is 3. The second-order valence-corrected chi connectivity index (χ2v) is 4.28. The third-order valence-electron chi connectivity index (χ3n) is 2.84. The fraction of sp³-hybridized carbons (Fsp3) is 0.0714. The van der Waals surface area contributed by atoms with Crippen LogP contribution in [0.1, 0.15) is 15.9 Å². The zero-order chi connectivity index (χ0) is 14.5. The minimum atomic E-state index is -1.89. The summed E-state index contributed by atoms with van der Waals surface area (Å²) < 4.78 is 13.5. The summed E-state index contributed by atoms with van der Waals surface area (Å²) in [4.78, 5) is 11.8. The standard InChI is InChI=1S/C14H13BFNO3/c16-13-8-11(6-7-12(13)15(19)20)14(18)17-9-10-4-2-1-3-5-10/h1-8,19-20H,9H2,(H,17,18). The van der Waals surface area contributed by atoms with Gasteiger partial charge in [-0.25, -0.2) is 4.39 Å². The van der Waals surface area contributed by atoms with Crippen LogP contribution < -0.4 is 10.8 Å².